The molecule has 7 rings (SSSR count). The van der Waals surface area contributed by atoms with Gasteiger partial charge in [0.15, 0.2) is 0 Å². The van der Waals surface area contributed by atoms with Crippen LogP contribution in [-0.4, -0.2) is 39.5 Å². The second-order valence-electron chi connectivity index (χ2n) is 10.4. The number of hydrogen-bond acceptors (Lipinski definition) is 8. The van der Waals surface area contributed by atoms with Crippen molar-refractivity contribution < 1.29 is 15.1 Å². The standard InChI is InChI=1S/C17H16N4O2.2C10H8N2.2ClH.Ru/c1-11-3-5-18-14(7-11)15-8-13(4-6-19-15)10-21-9-12(2)16(22)20-17(21)23;2*1-3-7-11-9(5-1)10-6-2-4-8-12-10;;;/h3-9H,10H2,1-2H3,(H,20,22,23);2*1-8H;2*1H;/q;;;;;+2/p-2. The average molecular weight is 793 g/mol. The summed E-state index contributed by atoms with van der Waals surface area (Å²) < 4.78 is 1.47. The van der Waals surface area contributed by atoms with Gasteiger partial charge < -0.3 is 0 Å². The van der Waals surface area contributed by atoms with E-state index in [4.69, 9.17) is 19.4 Å². The van der Waals surface area contributed by atoms with Gasteiger partial charge in [0.2, 0.25) is 0 Å². The second-order valence-corrected chi connectivity index (χ2v) is 13.0. The molecule has 0 radical (unpaired) electrons. The van der Waals surface area contributed by atoms with Crippen molar-refractivity contribution in [3.63, 3.8) is 0 Å². The fraction of sp³-hybridized carbons (Fsp3) is 0.0811. The van der Waals surface area contributed by atoms with E-state index in [0.717, 1.165) is 45.3 Å². The number of halogens is 2. The molecule has 0 atom stereocenters. The van der Waals surface area contributed by atoms with Crippen LogP contribution < -0.4 is 11.2 Å². The monoisotopic (exact) mass is 792 g/mol. The number of aryl methyl sites for hydroxylation is 2. The fourth-order valence-corrected chi connectivity index (χ4v) is 4.38. The number of nitrogens with zero attached hydrogens (tertiary/aromatic N) is 7. The molecule has 0 spiro atoms. The van der Waals surface area contributed by atoms with E-state index in [-0.39, 0.29) is 20.7 Å². The van der Waals surface area contributed by atoms with Crippen molar-refractivity contribution in [1.82, 2.24) is 39.5 Å². The summed E-state index contributed by atoms with van der Waals surface area (Å²) in [7, 11) is 9.71. The van der Waals surface area contributed by atoms with Gasteiger partial charge in [-0.25, -0.2) is 4.79 Å². The molecule has 0 saturated heterocycles. The largest absolute Gasteiger partial charge is 0.255 e. The maximum atomic E-state index is 11.9. The second kappa shape index (κ2) is 20.3. The SMILES string of the molecule is Cc1ccnc(-c2cc(Cn3cc(C)c(=O)[nH]c3=O)ccn2)c1.[Cl][Ru][Cl].c1ccc(-c2ccccn2)nc1.c1ccc(-c2ccccn2)nc1. The third-order valence-electron chi connectivity index (χ3n) is 6.73. The number of rotatable bonds is 5. The molecule has 10 nitrogen and oxygen atoms in total. The predicted molar refractivity (Wildman–Crippen MR) is 194 cm³/mol. The summed E-state index contributed by atoms with van der Waals surface area (Å²) in [4.78, 5) is 51.0. The van der Waals surface area contributed by atoms with E-state index in [1.807, 2.05) is 104 Å². The first-order valence-corrected chi connectivity index (χ1v) is 19.5. The van der Waals surface area contributed by atoms with Crippen molar-refractivity contribution in [2.24, 2.45) is 0 Å². The van der Waals surface area contributed by atoms with Crippen LogP contribution in [0.15, 0.2) is 150 Å². The Kier molecular flexibility index (Phi) is 15.3. The molecule has 0 amide bonds. The van der Waals surface area contributed by atoms with Crippen LogP contribution in [0.3, 0.4) is 0 Å². The van der Waals surface area contributed by atoms with Gasteiger partial charge in [-0.1, -0.05) is 24.3 Å². The number of aromatic amines is 1. The third kappa shape index (κ3) is 12.0. The third-order valence-corrected chi connectivity index (χ3v) is 6.73. The van der Waals surface area contributed by atoms with Crippen LogP contribution in [-0.2, 0) is 21.7 Å². The molecule has 0 aliphatic carbocycles. The molecule has 0 fully saturated rings. The molecule has 7 aromatic heterocycles. The summed E-state index contributed by atoms with van der Waals surface area (Å²) in [5.74, 6) is 0. The van der Waals surface area contributed by atoms with Gasteiger partial charge in [0.05, 0.1) is 40.7 Å². The Labute approximate surface area is 305 Å². The topological polar surface area (TPSA) is 132 Å². The predicted octanol–water partition coefficient (Wildman–Crippen LogP) is 7.32. The van der Waals surface area contributed by atoms with Crippen molar-refractivity contribution in [3.8, 4) is 34.2 Å². The van der Waals surface area contributed by atoms with E-state index in [0.29, 0.717) is 12.1 Å². The molecule has 0 aromatic carbocycles. The maximum absolute atomic E-state index is 11.9. The van der Waals surface area contributed by atoms with Crippen molar-refractivity contribution in [2.45, 2.75) is 20.4 Å². The van der Waals surface area contributed by atoms with Crippen LogP contribution in [0.4, 0.5) is 0 Å². The van der Waals surface area contributed by atoms with E-state index >= 15 is 0 Å². The van der Waals surface area contributed by atoms with Crippen LogP contribution in [0.1, 0.15) is 16.7 Å². The zero-order valence-electron chi connectivity index (χ0n) is 27.0. The van der Waals surface area contributed by atoms with Crippen LogP contribution >= 0.6 is 19.4 Å². The minimum atomic E-state index is -0.423. The van der Waals surface area contributed by atoms with Crippen molar-refractivity contribution in [2.75, 3.05) is 0 Å². The zero-order valence-corrected chi connectivity index (χ0v) is 30.3. The van der Waals surface area contributed by atoms with Gasteiger partial charge in [0.1, 0.15) is 0 Å². The van der Waals surface area contributed by atoms with E-state index in [9.17, 15) is 9.59 Å². The molecular weight excluding hydrogens is 760 g/mol. The summed E-state index contributed by atoms with van der Waals surface area (Å²) >= 11 is -0.346. The molecule has 50 heavy (non-hydrogen) atoms. The molecule has 13 heteroatoms. The Morgan fingerprint density at radius 3 is 1.42 bits per heavy atom. The molecule has 0 unspecified atom stereocenters. The fourth-order valence-electron chi connectivity index (χ4n) is 4.38. The molecule has 0 aliphatic rings. The molecule has 0 bridgehead atoms. The van der Waals surface area contributed by atoms with Crippen LogP contribution in [0, 0.1) is 13.8 Å². The quantitative estimate of drug-likeness (QED) is 0.180. The minimum Gasteiger partial charge on any atom is -0.255 e. The molecule has 0 saturated carbocycles. The summed E-state index contributed by atoms with van der Waals surface area (Å²) in [6.45, 7) is 4.03. The molecular formula is C37H32Cl2N8O2Ru. The Hall–Kier alpha value is -5.22. The Balaban J connectivity index is 0.000000175. The van der Waals surface area contributed by atoms with E-state index in [1.54, 1.807) is 50.3 Å². The summed E-state index contributed by atoms with van der Waals surface area (Å²) in [6.07, 6.45) is 12.1. The summed E-state index contributed by atoms with van der Waals surface area (Å²) in [5, 5.41) is 0. The van der Waals surface area contributed by atoms with Gasteiger partial charge in [0.25, 0.3) is 5.56 Å². The van der Waals surface area contributed by atoms with Gasteiger partial charge in [-0.15, -0.1) is 0 Å². The van der Waals surface area contributed by atoms with Gasteiger partial charge in [-0.05, 0) is 97.8 Å². The molecule has 1 N–H and O–H groups in total. The molecule has 7 heterocycles. The number of H-pyrrole nitrogens is 1. The first-order valence-electron chi connectivity index (χ1n) is 15.1. The first-order chi connectivity index (χ1) is 24.4. The molecule has 7 aromatic rings. The zero-order chi connectivity index (χ0) is 35.6. The van der Waals surface area contributed by atoms with Gasteiger partial charge in [-0.2, -0.15) is 0 Å². The first kappa shape index (κ1) is 37.6. The van der Waals surface area contributed by atoms with Crippen LogP contribution in [0.25, 0.3) is 34.2 Å². The number of nitrogens with one attached hydrogen (secondary N) is 1. The Morgan fingerprint density at radius 2 is 1.00 bits per heavy atom. The van der Waals surface area contributed by atoms with Crippen LogP contribution in [0.2, 0.25) is 0 Å². The minimum absolute atomic E-state index is 0.346. The van der Waals surface area contributed by atoms with Crippen molar-refractivity contribution in [3.05, 3.63) is 178 Å². The number of aromatic nitrogens is 8. The smallest absolute Gasteiger partial charge is 0.0886 e. The summed E-state index contributed by atoms with van der Waals surface area (Å²) in [5.41, 5.74) is 6.93. The van der Waals surface area contributed by atoms with E-state index < -0.39 is 5.69 Å². The molecule has 0 aliphatic heterocycles. The van der Waals surface area contributed by atoms with E-state index in [2.05, 4.69) is 34.9 Å². The van der Waals surface area contributed by atoms with Crippen LogP contribution in [0.5, 0.6) is 0 Å². The number of pyridine rings is 6. The van der Waals surface area contributed by atoms with E-state index in [1.165, 1.54) is 4.57 Å². The molecule has 254 valence electrons. The van der Waals surface area contributed by atoms with Crippen molar-refractivity contribution in [1.29, 1.82) is 0 Å². The number of hydrogen-bond donors (Lipinski definition) is 1. The maximum Gasteiger partial charge on any atom is 0.0886 e. The summed E-state index contributed by atoms with van der Waals surface area (Å²) in [6, 6.07) is 30.8. The average Bonchev–Trinajstić information content (AvgIpc) is 3.16. The van der Waals surface area contributed by atoms with Gasteiger partial charge in [0, 0.05) is 48.9 Å². The Morgan fingerprint density at radius 1 is 0.580 bits per heavy atom. The van der Waals surface area contributed by atoms with Gasteiger partial charge in [-0.3, -0.25) is 44.2 Å². The van der Waals surface area contributed by atoms with Crippen molar-refractivity contribution >= 4 is 19.4 Å². The normalized spacial score (nSPS) is 10.0. The Bertz CT molecular complexity index is 2010. The van der Waals surface area contributed by atoms with Gasteiger partial charge >= 0.3 is 40.2 Å².